The predicted molar refractivity (Wildman–Crippen MR) is 87.5 cm³/mol. The number of hydrogen-bond acceptors (Lipinski definition) is 3. The van der Waals surface area contributed by atoms with Crippen molar-refractivity contribution in [3.8, 4) is 5.75 Å². The molecule has 21 heavy (non-hydrogen) atoms. The van der Waals surface area contributed by atoms with E-state index in [9.17, 15) is 4.79 Å². The van der Waals surface area contributed by atoms with Crippen LogP contribution >= 0.6 is 15.9 Å². The lowest BCUT2D eigenvalue weighted by atomic mass is 10.0. The Morgan fingerprint density at radius 3 is 3.00 bits per heavy atom. The molecular weight excluding hydrogens is 332 g/mol. The predicted octanol–water partition coefficient (Wildman–Crippen LogP) is 3.02. The molecule has 1 atom stereocenters. The fourth-order valence-corrected chi connectivity index (χ4v) is 2.73. The van der Waals surface area contributed by atoms with Crippen molar-refractivity contribution in [1.82, 2.24) is 10.6 Å². The molecule has 0 bridgehead atoms. The average molecular weight is 355 g/mol. The first kappa shape index (κ1) is 16.3. The van der Waals surface area contributed by atoms with Crippen molar-refractivity contribution in [2.24, 2.45) is 5.92 Å². The van der Waals surface area contributed by atoms with E-state index in [0.29, 0.717) is 6.54 Å². The third-order valence-corrected chi connectivity index (χ3v) is 4.08. The van der Waals surface area contributed by atoms with Gasteiger partial charge in [-0.15, -0.1) is 0 Å². The van der Waals surface area contributed by atoms with Gasteiger partial charge < -0.3 is 15.4 Å². The smallest absolute Gasteiger partial charge is 0.222 e. The lowest BCUT2D eigenvalue weighted by molar-refractivity contribution is -0.123. The quantitative estimate of drug-likeness (QED) is 0.799. The van der Waals surface area contributed by atoms with Crippen molar-refractivity contribution in [2.45, 2.75) is 32.7 Å². The van der Waals surface area contributed by atoms with Crippen molar-refractivity contribution >= 4 is 21.8 Å². The van der Waals surface area contributed by atoms with Crippen LogP contribution in [0.2, 0.25) is 0 Å². The van der Waals surface area contributed by atoms with Gasteiger partial charge in [0.05, 0.1) is 6.61 Å². The zero-order chi connectivity index (χ0) is 15.2. The molecule has 0 spiro atoms. The second-order valence-electron chi connectivity index (χ2n) is 5.63. The number of hydrogen-bond donors (Lipinski definition) is 2. The molecule has 0 saturated heterocycles. The molecule has 1 aliphatic rings. The normalized spacial score (nSPS) is 17.8. The van der Waals surface area contributed by atoms with Crippen LogP contribution in [-0.2, 0) is 4.79 Å². The first-order valence-corrected chi connectivity index (χ1v) is 8.30. The maximum absolute atomic E-state index is 11.5. The van der Waals surface area contributed by atoms with Crippen LogP contribution in [0.3, 0.4) is 0 Å². The number of amides is 1. The van der Waals surface area contributed by atoms with E-state index in [2.05, 4.69) is 32.6 Å². The van der Waals surface area contributed by atoms with E-state index < -0.39 is 0 Å². The van der Waals surface area contributed by atoms with Crippen LogP contribution in [0.5, 0.6) is 5.75 Å². The summed E-state index contributed by atoms with van der Waals surface area (Å²) >= 11 is 3.48. The van der Waals surface area contributed by atoms with Gasteiger partial charge in [0, 0.05) is 35.1 Å². The average Bonchev–Trinajstić information content (AvgIpc) is 2.65. The highest BCUT2D eigenvalue weighted by Gasteiger charge is 2.19. The minimum Gasteiger partial charge on any atom is -0.493 e. The molecule has 1 aliphatic heterocycles. The third kappa shape index (κ3) is 4.71. The Bertz CT molecular complexity index is 491. The molecule has 1 unspecified atom stereocenters. The van der Waals surface area contributed by atoms with Crippen molar-refractivity contribution < 1.29 is 9.53 Å². The van der Waals surface area contributed by atoms with Gasteiger partial charge in [0.25, 0.3) is 0 Å². The Hall–Kier alpha value is -1.07. The van der Waals surface area contributed by atoms with Gasteiger partial charge in [-0.3, -0.25) is 4.79 Å². The van der Waals surface area contributed by atoms with Gasteiger partial charge in [-0.25, -0.2) is 0 Å². The molecule has 2 N–H and O–H groups in total. The molecule has 116 valence electrons. The maximum atomic E-state index is 11.5. The van der Waals surface area contributed by atoms with Crippen LogP contribution in [-0.4, -0.2) is 25.6 Å². The number of ether oxygens (including phenoxy) is 1. The SMILES string of the molecule is CC(C)C(=O)NCCNC1CCCOc2cc(Br)ccc21. The second-order valence-corrected chi connectivity index (χ2v) is 6.54. The summed E-state index contributed by atoms with van der Waals surface area (Å²) in [7, 11) is 0. The summed E-state index contributed by atoms with van der Waals surface area (Å²) in [5.41, 5.74) is 1.20. The highest BCUT2D eigenvalue weighted by atomic mass is 79.9. The highest BCUT2D eigenvalue weighted by molar-refractivity contribution is 9.10. The monoisotopic (exact) mass is 354 g/mol. The van der Waals surface area contributed by atoms with Crippen LogP contribution < -0.4 is 15.4 Å². The molecule has 0 aromatic heterocycles. The topological polar surface area (TPSA) is 50.4 Å². The molecule has 1 aromatic rings. The minimum absolute atomic E-state index is 0.0364. The Kier molecular flexibility index (Phi) is 6.06. The van der Waals surface area contributed by atoms with Crippen LogP contribution in [0.15, 0.2) is 22.7 Å². The molecule has 5 heteroatoms. The lowest BCUT2D eigenvalue weighted by Crippen LogP contribution is -2.35. The fraction of sp³-hybridized carbons (Fsp3) is 0.562. The van der Waals surface area contributed by atoms with Gasteiger partial charge in [0.1, 0.15) is 5.75 Å². The number of carbonyl (C=O) groups is 1. The van der Waals surface area contributed by atoms with Crippen LogP contribution in [0.4, 0.5) is 0 Å². The molecule has 4 nitrogen and oxygen atoms in total. The fourth-order valence-electron chi connectivity index (χ4n) is 2.39. The van der Waals surface area contributed by atoms with Gasteiger partial charge in [-0.2, -0.15) is 0 Å². The molecule has 2 rings (SSSR count). The van der Waals surface area contributed by atoms with E-state index in [1.54, 1.807) is 0 Å². The van der Waals surface area contributed by atoms with E-state index in [1.807, 2.05) is 26.0 Å². The second kappa shape index (κ2) is 7.80. The summed E-state index contributed by atoms with van der Waals surface area (Å²) in [5, 5.41) is 6.45. The number of halogens is 1. The van der Waals surface area contributed by atoms with E-state index in [1.165, 1.54) is 5.56 Å². The van der Waals surface area contributed by atoms with Gasteiger partial charge in [0.2, 0.25) is 5.91 Å². The summed E-state index contributed by atoms with van der Waals surface area (Å²) in [6, 6.07) is 6.46. The molecule has 0 fully saturated rings. The molecule has 0 saturated carbocycles. The zero-order valence-corrected chi connectivity index (χ0v) is 14.2. The molecule has 1 heterocycles. The van der Waals surface area contributed by atoms with Crippen molar-refractivity contribution in [3.63, 3.8) is 0 Å². The standard InChI is InChI=1S/C16H23BrN2O2/c1-11(2)16(20)19-8-7-18-14-4-3-9-21-15-10-12(17)5-6-13(14)15/h5-6,10-11,14,18H,3-4,7-9H2,1-2H3,(H,19,20). The Morgan fingerprint density at radius 2 is 2.24 bits per heavy atom. The van der Waals surface area contributed by atoms with E-state index in [-0.39, 0.29) is 17.9 Å². The third-order valence-electron chi connectivity index (χ3n) is 3.59. The van der Waals surface area contributed by atoms with Gasteiger partial charge >= 0.3 is 0 Å². The number of carbonyl (C=O) groups excluding carboxylic acids is 1. The largest absolute Gasteiger partial charge is 0.493 e. The number of benzene rings is 1. The van der Waals surface area contributed by atoms with Gasteiger partial charge in [0.15, 0.2) is 0 Å². The molecule has 1 aromatic carbocycles. The summed E-state index contributed by atoms with van der Waals surface area (Å²) in [5.74, 6) is 1.09. The summed E-state index contributed by atoms with van der Waals surface area (Å²) < 4.78 is 6.83. The molecular formula is C16H23BrN2O2. The van der Waals surface area contributed by atoms with Crippen molar-refractivity contribution in [3.05, 3.63) is 28.2 Å². The van der Waals surface area contributed by atoms with Crippen LogP contribution in [0, 0.1) is 5.92 Å². The lowest BCUT2D eigenvalue weighted by Gasteiger charge is -2.19. The van der Waals surface area contributed by atoms with E-state index in [4.69, 9.17) is 4.74 Å². The minimum atomic E-state index is 0.0364. The summed E-state index contributed by atoms with van der Waals surface area (Å²) in [6.45, 7) is 5.98. The van der Waals surface area contributed by atoms with Crippen molar-refractivity contribution in [1.29, 1.82) is 0 Å². The summed E-state index contributed by atoms with van der Waals surface area (Å²) in [4.78, 5) is 11.5. The highest BCUT2D eigenvalue weighted by Crippen LogP contribution is 2.33. The Morgan fingerprint density at radius 1 is 1.43 bits per heavy atom. The first-order valence-electron chi connectivity index (χ1n) is 7.51. The Balaban J connectivity index is 1.90. The molecule has 0 aliphatic carbocycles. The van der Waals surface area contributed by atoms with E-state index in [0.717, 1.165) is 36.2 Å². The van der Waals surface area contributed by atoms with Crippen LogP contribution in [0.1, 0.15) is 38.3 Å². The number of rotatable bonds is 5. The number of fused-ring (bicyclic) bond motifs is 1. The molecule has 0 radical (unpaired) electrons. The van der Waals surface area contributed by atoms with Gasteiger partial charge in [-0.1, -0.05) is 35.8 Å². The first-order chi connectivity index (χ1) is 10.1. The van der Waals surface area contributed by atoms with Crippen LogP contribution in [0.25, 0.3) is 0 Å². The van der Waals surface area contributed by atoms with Gasteiger partial charge in [-0.05, 0) is 25.0 Å². The Labute approximate surface area is 134 Å². The maximum Gasteiger partial charge on any atom is 0.222 e. The summed E-state index contributed by atoms with van der Waals surface area (Å²) in [6.07, 6.45) is 2.08. The van der Waals surface area contributed by atoms with E-state index >= 15 is 0 Å². The molecule has 1 amide bonds. The van der Waals surface area contributed by atoms with Crippen molar-refractivity contribution in [2.75, 3.05) is 19.7 Å². The zero-order valence-electron chi connectivity index (χ0n) is 12.6. The number of nitrogens with one attached hydrogen (secondary N) is 2.